The molecule has 0 aliphatic heterocycles. The van der Waals surface area contributed by atoms with Gasteiger partial charge in [0.05, 0.1) is 11.7 Å². The van der Waals surface area contributed by atoms with Crippen LogP contribution in [0.2, 0.25) is 0 Å². The molecule has 0 aromatic heterocycles. The molecular weight excluding hydrogens is 226 g/mol. The molecule has 3 heteroatoms. The zero-order valence-electron chi connectivity index (χ0n) is 11.8. The van der Waals surface area contributed by atoms with Gasteiger partial charge in [-0.05, 0) is 25.7 Å². The molecule has 2 aliphatic rings. The van der Waals surface area contributed by atoms with Gasteiger partial charge in [0.15, 0.2) is 0 Å². The van der Waals surface area contributed by atoms with Crippen LogP contribution >= 0.6 is 0 Å². The van der Waals surface area contributed by atoms with Crippen LogP contribution in [0, 0.1) is 5.41 Å². The van der Waals surface area contributed by atoms with Crippen LogP contribution in [0.25, 0.3) is 0 Å². The van der Waals surface area contributed by atoms with Crippen LogP contribution in [0.5, 0.6) is 0 Å². The lowest BCUT2D eigenvalue weighted by atomic mass is 9.60. The molecule has 0 heterocycles. The summed E-state index contributed by atoms with van der Waals surface area (Å²) in [4.78, 5) is 0. The quantitative estimate of drug-likeness (QED) is 0.762. The van der Waals surface area contributed by atoms with E-state index in [1.807, 2.05) is 0 Å². The average Bonchev–Trinajstić information content (AvgIpc) is 2.65. The van der Waals surface area contributed by atoms with Crippen LogP contribution in [0.15, 0.2) is 0 Å². The molecule has 3 N–H and O–H groups in total. The van der Waals surface area contributed by atoms with Crippen LogP contribution in [0.3, 0.4) is 0 Å². The van der Waals surface area contributed by atoms with Crippen molar-refractivity contribution < 1.29 is 9.84 Å². The summed E-state index contributed by atoms with van der Waals surface area (Å²) in [5.74, 6) is 0. The zero-order chi connectivity index (χ0) is 13.1. The SMILES string of the molecule is COC1CCCCC1(O)C1(CN)CCCCCC1. The van der Waals surface area contributed by atoms with E-state index in [1.165, 1.54) is 32.1 Å². The molecule has 0 aromatic rings. The van der Waals surface area contributed by atoms with Gasteiger partial charge in [0.2, 0.25) is 0 Å². The second-order valence-corrected chi connectivity index (χ2v) is 6.29. The standard InChI is InChI=1S/C15H29NO2/c1-18-13-8-4-7-11-15(13,17)14(12-16)9-5-2-3-6-10-14/h13,17H,2-12,16H2,1H3. The summed E-state index contributed by atoms with van der Waals surface area (Å²) in [6.45, 7) is 0.601. The molecule has 0 spiro atoms. The topological polar surface area (TPSA) is 55.5 Å². The first-order chi connectivity index (χ1) is 8.68. The molecule has 0 aromatic carbocycles. The van der Waals surface area contributed by atoms with Crippen molar-refractivity contribution in [3.05, 3.63) is 0 Å². The van der Waals surface area contributed by atoms with Crippen molar-refractivity contribution >= 4 is 0 Å². The lowest BCUT2D eigenvalue weighted by Crippen LogP contribution is -2.61. The number of aliphatic hydroxyl groups is 1. The van der Waals surface area contributed by atoms with Gasteiger partial charge in [-0.1, -0.05) is 38.5 Å². The highest BCUT2D eigenvalue weighted by Gasteiger charge is 2.54. The molecule has 18 heavy (non-hydrogen) atoms. The lowest BCUT2D eigenvalue weighted by Gasteiger charge is -2.52. The Morgan fingerprint density at radius 1 is 1.06 bits per heavy atom. The van der Waals surface area contributed by atoms with E-state index >= 15 is 0 Å². The first-order valence-corrected chi connectivity index (χ1v) is 7.64. The minimum absolute atomic E-state index is 0.0205. The molecule has 106 valence electrons. The van der Waals surface area contributed by atoms with Gasteiger partial charge >= 0.3 is 0 Å². The number of hydrogen-bond donors (Lipinski definition) is 2. The summed E-state index contributed by atoms with van der Waals surface area (Å²) in [5, 5.41) is 11.3. The molecule has 2 fully saturated rings. The van der Waals surface area contributed by atoms with Gasteiger partial charge in [-0.3, -0.25) is 0 Å². The van der Waals surface area contributed by atoms with Crippen molar-refractivity contribution in [3.8, 4) is 0 Å². The lowest BCUT2D eigenvalue weighted by molar-refractivity contribution is -0.190. The first-order valence-electron chi connectivity index (χ1n) is 7.64. The molecule has 2 aliphatic carbocycles. The number of rotatable bonds is 3. The third kappa shape index (κ3) is 2.33. The number of nitrogens with two attached hydrogens (primary N) is 1. The predicted molar refractivity (Wildman–Crippen MR) is 73.4 cm³/mol. The maximum Gasteiger partial charge on any atom is 0.0975 e. The van der Waals surface area contributed by atoms with E-state index in [0.717, 1.165) is 32.1 Å². The van der Waals surface area contributed by atoms with Crippen molar-refractivity contribution in [2.24, 2.45) is 11.1 Å². The third-order valence-corrected chi connectivity index (χ3v) is 5.46. The Labute approximate surface area is 111 Å². The highest BCUT2D eigenvalue weighted by molar-refractivity contribution is 5.06. The maximum absolute atomic E-state index is 11.3. The largest absolute Gasteiger partial charge is 0.387 e. The Bertz CT molecular complexity index is 261. The maximum atomic E-state index is 11.3. The summed E-state index contributed by atoms with van der Waals surface area (Å²) in [6.07, 6.45) is 11.2. The summed E-state index contributed by atoms with van der Waals surface area (Å²) in [5.41, 5.74) is 5.32. The normalized spacial score (nSPS) is 37.2. The van der Waals surface area contributed by atoms with Crippen molar-refractivity contribution in [1.29, 1.82) is 0 Å². The molecule has 2 saturated carbocycles. The number of hydrogen-bond acceptors (Lipinski definition) is 3. The fourth-order valence-corrected chi connectivity index (χ4v) is 4.26. The van der Waals surface area contributed by atoms with Gasteiger partial charge < -0.3 is 15.6 Å². The Hall–Kier alpha value is -0.120. The van der Waals surface area contributed by atoms with E-state index < -0.39 is 5.60 Å². The Morgan fingerprint density at radius 3 is 2.22 bits per heavy atom. The van der Waals surface area contributed by atoms with Gasteiger partial charge in [0.25, 0.3) is 0 Å². The molecule has 2 atom stereocenters. The molecule has 2 unspecified atom stereocenters. The predicted octanol–water partition coefficient (Wildman–Crippen LogP) is 2.61. The Balaban J connectivity index is 2.26. The highest BCUT2D eigenvalue weighted by atomic mass is 16.5. The van der Waals surface area contributed by atoms with Gasteiger partial charge in [-0.25, -0.2) is 0 Å². The van der Waals surface area contributed by atoms with Crippen LogP contribution in [0.4, 0.5) is 0 Å². The van der Waals surface area contributed by atoms with E-state index in [1.54, 1.807) is 7.11 Å². The second kappa shape index (κ2) is 5.89. The minimum Gasteiger partial charge on any atom is -0.387 e. The fourth-order valence-electron chi connectivity index (χ4n) is 4.26. The van der Waals surface area contributed by atoms with Crippen LogP contribution in [-0.2, 0) is 4.74 Å². The number of ether oxygens (including phenoxy) is 1. The van der Waals surface area contributed by atoms with Gasteiger partial charge in [-0.15, -0.1) is 0 Å². The van der Waals surface area contributed by atoms with Crippen LogP contribution in [0.1, 0.15) is 64.2 Å². The monoisotopic (exact) mass is 255 g/mol. The third-order valence-electron chi connectivity index (χ3n) is 5.46. The highest BCUT2D eigenvalue weighted by Crippen LogP contribution is 2.50. The van der Waals surface area contributed by atoms with Crippen LogP contribution < -0.4 is 5.73 Å². The number of methoxy groups -OCH3 is 1. The Kier molecular flexibility index (Phi) is 4.68. The summed E-state index contributed by atoms with van der Waals surface area (Å²) in [7, 11) is 1.74. The summed E-state index contributed by atoms with van der Waals surface area (Å²) < 4.78 is 5.62. The summed E-state index contributed by atoms with van der Waals surface area (Å²) >= 11 is 0. The fraction of sp³-hybridized carbons (Fsp3) is 1.00. The van der Waals surface area contributed by atoms with Crippen molar-refractivity contribution in [2.45, 2.75) is 75.9 Å². The van der Waals surface area contributed by atoms with Crippen molar-refractivity contribution in [3.63, 3.8) is 0 Å². The van der Waals surface area contributed by atoms with Crippen LogP contribution in [-0.4, -0.2) is 30.5 Å². The second-order valence-electron chi connectivity index (χ2n) is 6.29. The average molecular weight is 255 g/mol. The molecular formula is C15H29NO2. The van der Waals surface area contributed by atoms with Gasteiger partial charge in [0.1, 0.15) is 0 Å². The molecule has 3 nitrogen and oxygen atoms in total. The van der Waals surface area contributed by atoms with Gasteiger partial charge in [-0.2, -0.15) is 0 Å². The van der Waals surface area contributed by atoms with Crippen molar-refractivity contribution in [1.82, 2.24) is 0 Å². The summed E-state index contributed by atoms with van der Waals surface area (Å²) in [6, 6.07) is 0. The van der Waals surface area contributed by atoms with E-state index in [4.69, 9.17) is 10.5 Å². The molecule has 0 amide bonds. The van der Waals surface area contributed by atoms with E-state index in [9.17, 15) is 5.11 Å². The van der Waals surface area contributed by atoms with Gasteiger partial charge in [0, 0.05) is 19.1 Å². The van der Waals surface area contributed by atoms with E-state index in [-0.39, 0.29) is 11.5 Å². The minimum atomic E-state index is -0.695. The Morgan fingerprint density at radius 2 is 1.67 bits per heavy atom. The molecule has 0 bridgehead atoms. The van der Waals surface area contributed by atoms with Crippen molar-refractivity contribution in [2.75, 3.05) is 13.7 Å². The smallest absolute Gasteiger partial charge is 0.0975 e. The molecule has 0 saturated heterocycles. The van der Waals surface area contributed by atoms with E-state index in [2.05, 4.69) is 0 Å². The van der Waals surface area contributed by atoms with E-state index in [0.29, 0.717) is 6.54 Å². The zero-order valence-corrected chi connectivity index (χ0v) is 11.8. The first kappa shape index (κ1) is 14.3. The molecule has 2 rings (SSSR count). The molecule has 0 radical (unpaired) electrons.